The largest absolute Gasteiger partial charge is 0.417 e. The van der Waals surface area contributed by atoms with Gasteiger partial charge in [0.05, 0.1) is 11.1 Å². The second-order valence-corrected chi connectivity index (χ2v) is 4.69. The van der Waals surface area contributed by atoms with Crippen LogP contribution in [0, 0.1) is 0 Å². The second-order valence-electron chi connectivity index (χ2n) is 2.58. The Balaban J connectivity index is 3.54. The van der Waals surface area contributed by atoms with Crippen LogP contribution in [0.3, 0.4) is 0 Å². The predicted molar refractivity (Wildman–Crippen MR) is 57.0 cm³/mol. The van der Waals surface area contributed by atoms with Gasteiger partial charge in [-0.1, -0.05) is 15.9 Å². The van der Waals surface area contributed by atoms with Crippen molar-refractivity contribution in [3.05, 3.63) is 32.2 Å². The van der Waals surface area contributed by atoms with Crippen LogP contribution in [0.5, 0.6) is 0 Å². The van der Waals surface area contributed by atoms with Gasteiger partial charge in [-0.15, -0.1) is 0 Å². The van der Waals surface area contributed by atoms with Crippen molar-refractivity contribution in [2.45, 2.75) is 6.18 Å². The molecule has 0 radical (unpaired) electrons. The fraction of sp³-hybridized carbons (Fsp3) is 0.125. The lowest BCUT2D eigenvalue weighted by molar-refractivity contribution is -0.137. The summed E-state index contributed by atoms with van der Waals surface area (Å²) in [5.41, 5.74) is -1.64. The number of carbonyl (C=O) groups excluding carboxylic acids is 1. The highest BCUT2D eigenvalue weighted by Crippen LogP contribution is 2.38. The van der Waals surface area contributed by atoms with Crippen molar-refractivity contribution >= 4 is 48.7 Å². The van der Waals surface area contributed by atoms with E-state index in [4.69, 9.17) is 11.6 Å². The molecule has 0 aromatic heterocycles. The fourth-order valence-electron chi connectivity index (χ4n) is 0.997. The Morgan fingerprint density at radius 2 is 1.80 bits per heavy atom. The summed E-state index contributed by atoms with van der Waals surface area (Å²) in [5, 5.41) is -1.15. The fourth-order valence-corrected chi connectivity index (χ4v) is 2.72. The normalized spacial score (nSPS) is 11.6. The van der Waals surface area contributed by atoms with Crippen molar-refractivity contribution in [2.75, 3.05) is 0 Å². The summed E-state index contributed by atoms with van der Waals surface area (Å²) in [4.78, 5) is 10.9. The maximum absolute atomic E-state index is 12.5. The molecule has 15 heavy (non-hydrogen) atoms. The summed E-state index contributed by atoms with van der Waals surface area (Å²) in [6.45, 7) is 0. The van der Waals surface area contributed by atoms with Gasteiger partial charge in [0, 0.05) is 8.95 Å². The Morgan fingerprint density at radius 3 is 2.20 bits per heavy atom. The minimum Gasteiger partial charge on any atom is -0.276 e. The third-order valence-corrected chi connectivity index (χ3v) is 2.83. The summed E-state index contributed by atoms with van der Waals surface area (Å²) >= 11 is 10.8. The monoisotopic (exact) mass is 364 g/mol. The molecule has 1 rings (SSSR count). The van der Waals surface area contributed by atoms with Gasteiger partial charge in [0.25, 0.3) is 5.24 Å². The van der Waals surface area contributed by atoms with E-state index in [9.17, 15) is 18.0 Å². The minimum absolute atomic E-state index is 0.00389. The van der Waals surface area contributed by atoms with Crippen LogP contribution < -0.4 is 0 Å². The molecule has 0 aliphatic rings. The minimum atomic E-state index is -4.62. The highest BCUT2D eigenvalue weighted by molar-refractivity contribution is 9.11. The van der Waals surface area contributed by atoms with Crippen molar-refractivity contribution in [3.8, 4) is 0 Å². The maximum Gasteiger partial charge on any atom is 0.417 e. The molecule has 0 spiro atoms. The summed E-state index contributed by atoms with van der Waals surface area (Å²) in [6.07, 6.45) is -4.62. The van der Waals surface area contributed by atoms with E-state index in [1.165, 1.54) is 6.07 Å². The zero-order valence-corrected chi connectivity index (χ0v) is 10.8. The van der Waals surface area contributed by atoms with Crippen LogP contribution in [0.2, 0.25) is 0 Å². The molecule has 7 heteroatoms. The zero-order valence-electron chi connectivity index (χ0n) is 6.83. The van der Waals surface area contributed by atoms with Gasteiger partial charge in [-0.2, -0.15) is 13.2 Å². The van der Waals surface area contributed by atoms with Gasteiger partial charge in [-0.3, -0.25) is 4.79 Å². The quantitative estimate of drug-likeness (QED) is 0.664. The van der Waals surface area contributed by atoms with Crippen molar-refractivity contribution in [1.82, 2.24) is 0 Å². The van der Waals surface area contributed by atoms with Gasteiger partial charge in [0.1, 0.15) is 0 Å². The molecule has 0 saturated heterocycles. The second kappa shape index (κ2) is 4.43. The number of hydrogen-bond acceptors (Lipinski definition) is 1. The summed E-state index contributed by atoms with van der Waals surface area (Å²) in [6, 6.07) is 2.13. The smallest absolute Gasteiger partial charge is 0.276 e. The Bertz CT molecular complexity index is 417. The molecule has 0 amide bonds. The first kappa shape index (κ1) is 13.0. The third kappa shape index (κ3) is 2.95. The van der Waals surface area contributed by atoms with Crippen molar-refractivity contribution in [1.29, 1.82) is 0 Å². The molecule has 0 atom stereocenters. The molecule has 82 valence electrons. The van der Waals surface area contributed by atoms with Crippen LogP contribution in [-0.4, -0.2) is 5.24 Å². The maximum atomic E-state index is 12.5. The molecule has 0 aliphatic heterocycles. The Hall–Kier alpha value is -0.0700. The van der Waals surface area contributed by atoms with E-state index in [0.717, 1.165) is 6.07 Å². The first-order valence-corrected chi connectivity index (χ1v) is 5.46. The van der Waals surface area contributed by atoms with E-state index in [2.05, 4.69) is 31.9 Å². The lowest BCUT2D eigenvalue weighted by Gasteiger charge is -2.12. The molecular formula is C8H2Br2ClF3O. The van der Waals surface area contributed by atoms with E-state index >= 15 is 0 Å². The van der Waals surface area contributed by atoms with Crippen molar-refractivity contribution in [3.63, 3.8) is 0 Å². The number of halogens is 6. The zero-order chi connectivity index (χ0) is 11.8. The van der Waals surface area contributed by atoms with Crippen LogP contribution >= 0.6 is 43.5 Å². The van der Waals surface area contributed by atoms with Gasteiger partial charge in [0.2, 0.25) is 0 Å². The molecule has 0 fully saturated rings. The average Bonchev–Trinajstić information content (AvgIpc) is 1.99. The lowest BCUT2D eigenvalue weighted by Crippen LogP contribution is -2.11. The SMILES string of the molecule is O=C(Cl)c1c(Br)cc(Br)cc1C(F)(F)F. The van der Waals surface area contributed by atoms with Crippen molar-refractivity contribution in [2.24, 2.45) is 0 Å². The molecule has 0 heterocycles. The molecule has 1 aromatic carbocycles. The van der Waals surface area contributed by atoms with Gasteiger partial charge in [-0.05, 0) is 39.7 Å². The van der Waals surface area contributed by atoms with Crippen LogP contribution in [0.4, 0.5) is 13.2 Å². The summed E-state index contributed by atoms with van der Waals surface area (Å²) in [5.74, 6) is 0. The topological polar surface area (TPSA) is 17.1 Å². The van der Waals surface area contributed by atoms with Gasteiger partial charge in [-0.25, -0.2) is 0 Å². The van der Waals surface area contributed by atoms with Crippen molar-refractivity contribution < 1.29 is 18.0 Å². The first-order valence-electron chi connectivity index (χ1n) is 3.49. The van der Waals surface area contributed by atoms with Gasteiger partial charge < -0.3 is 0 Å². The van der Waals surface area contributed by atoms with Crippen LogP contribution in [0.15, 0.2) is 21.1 Å². The molecule has 0 bridgehead atoms. The molecule has 1 nitrogen and oxygen atoms in total. The number of benzene rings is 1. The van der Waals surface area contributed by atoms with E-state index in [0.29, 0.717) is 0 Å². The lowest BCUT2D eigenvalue weighted by atomic mass is 10.1. The average molecular weight is 366 g/mol. The Labute approximate surface area is 105 Å². The molecule has 0 unspecified atom stereocenters. The molecule has 1 aromatic rings. The highest BCUT2D eigenvalue weighted by atomic mass is 79.9. The number of hydrogen-bond donors (Lipinski definition) is 0. The standard InChI is InChI=1S/C8H2Br2ClF3O/c9-3-1-4(8(12,13)14)6(7(11)15)5(10)2-3/h1-2H. The van der Waals surface area contributed by atoms with E-state index < -0.39 is 22.5 Å². The third-order valence-electron chi connectivity index (χ3n) is 1.56. The van der Waals surface area contributed by atoms with Crippen LogP contribution in [-0.2, 0) is 6.18 Å². The van der Waals surface area contributed by atoms with Crippen LogP contribution in [0.25, 0.3) is 0 Å². The van der Waals surface area contributed by atoms with Gasteiger partial charge in [0.15, 0.2) is 0 Å². The van der Waals surface area contributed by atoms with E-state index in [1.807, 2.05) is 0 Å². The molecule has 0 aliphatic carbocycles. The number of carbonyl (C=O) groups is 1. The number of rotatable bonds is 1. The van der Waals surface area contributed by atoms with E-state index in [-0.39, 0.29) is 8.95 Å². The molecule has 0 N–H and O–H groups in total. The number of alkyl halides is 3. The summed E-state index contributed by atoms with van der Waals surface area (Å²) in [7, 11) is 0. The highest BCUT2D eigenvalue weighted by Gasteiger charge is 2.36. The predicted octanol–water partition coefficient (Wildman–Crippen LogP) is 4.61. The first-order chi connectivity index (χ1) is 6.73. The summed E-state index contributed by atoms with van der Waals surface area (Å²) < 4.78 is 37.8. The van der Waals surface area contributed by atoms with Gasteiger partial charge >= 0.3 is 6.18 Å². The Kier molecular flexibility index (Phi) is 3.84. The Morgan fingerprint density at radius 1 is 1.27 bits per heavy atom. The van der Waals surface area contributed by atoms with Crippen LogP contribution in [0.1, 0.15) is 15.9 Å². The molecular weight excluding hydrogens is 364 g/mol. The van der Waals surface area contributed by atoms with E-state index in [1.54, 1.807) is 0 Å². The molecule has 0 saturated carbocycles.